The summed E-state index contributed by atoms with van der Waals surface area (Å²) in [5, 5.41) is 6.12. The number of rotatable bonds is 6. The third-order valence-electron chi connectivity index (χ3n) is 3.26. The van der Waals surface area contributed by atoms with Crippen LogP contribution >= 0.6 is 22.9 Å². The van der Waals surface area contributed by atoms with Crippen molar-refractivity contribution in [1.29, 1.82) is 0 Å². The van der Waals surface area contributed by atoms with Crippen molar-refractivity contribution in [3.8, 4) is 0 Å². The Labute approximate surface area is 128 Å². The van der Waals surface area contributed by atoms with Crippen LogP contribution in [0.15, 0.2) is 29.6 Å². The smallest absolute Gasteiger partial charge is 0.127 e. The molecule has 2 aromatic rings. The maximum Gasteiger partial charge on any atom is 0.127 e. The molecule has 0 amide bonds. The lowest BCUT2D eigenvalue weighted by atomic mass is 10.00. The zero-order chi connectivity index (χ0) is 14.5. The third kappa shape index (κ3) is 3.81. The molecule has 0 spiro atoms. The Kier molecular flexibility index (Phi) is 5.58. The van der Waals surface area contributed by atoms with Crippen LogP contribution < -0.4 is 5.32 Å². The van der Waals surface area contributed by atoms with Gasteiger partial charge in [-0.1, -0.05) is 24.6 Å². The number of halogens is 2. The van der Waals surface area contributed by atoms with Crippen molar-refractivity contribution >= 4 is 22.9 Å². The normalized spacial score (nSPS) is 12.6. The van der Waals surface area contributed by atoms with Crippen LogP contribution in [0.1, 0.15) is 35.4 Å². The number of hydrogen-bond donors (Lipinski definition) is 1. The van der Waals surface area contributed by atoms with Crippen LogP contribution in [0.4, 0.5) is 4.39 Å². The maximum atomic E-state index is 13.9. The zero-order valence-electron chi connectivity index (χ0n) is 11.7. The van der Waals surface area contributed by atoms with Crippen molar-refractivity contribution in [1.82, 2.24) is 5.32 Å². The lowest BCUT2D eigenvalue weighted by Crippen LogP contribution is -2.24. The number of thiophene rings is 1. The van der Waals surface area contributed by atoms with E-state index in [0.717, 1.165) is 13.0 Å². The minimum absolute atomic E-state index is 0.106. The predicted octanol–water partition coefficient (Wildman–Crippen LogP) is 5.13. The van der Waals surface area contributed by atoms with E-state index in [1.54, 1.807) is 23.5 Å². The van der Waals surface area contributed by atoms with Gasteiger partial charge in [-0.05, 0) is 55.5 Å². The van der Waals surface area contributed by atoms with Gasteiger partial charge in [0.15, 0.2) is 0 Å². The second kappa shape index (κ2) is 7.21. The van der Waals surface area contributed by atoms with Gasteiger partial charge < -0.3 is 5.32 Å². The van der Waals surface area contributed by atoms with Gasteiger partial charge >= 0.3 is 0 Å². The molecule has 1 N–H and O–H groups in total. The summed E-state index contributed by atoms with van der Waals surface area (Å²) >= 11 is 7.85. The molecule has 1 unspecified atom stereocenters. The Morgan fingerprint density at radius 2 is 2.20 bits per heavy atom. The molecule has 0 aliphatic rings. The zero-order valence-corrected chi connectivity index (χ0v) is 13.3. The van der Waals surface area contributed by atoms with Gasteiger partial charge in [0.05, 0.1) is 0 Å². The summed E-state index contributed by atoms with van der Waals surface area (Å²) in [5.41, 5.74) is 1.80. The Bertz CT molecular complexity index is 547. The number of nitrogens with one attached hydrogen (secondary N) is 1. The Morgan fingerprint density at radius 1 is 1.40 bits per heavy atom. The molecule has 0 radical (unpaired) electrons. The molecule has 1 aromatic heterocycles. The Balaban J connectivity index is 2.23. The number of aryl methyl sites for hydroxylation is 1. The molecular weight excluding hydrogens is 293 g/mol. The highest BCUT2D eigenvalue weighted by Crippen LogP contribution is 2.28. The molecule has 108 valence electrons. The summed E-state index contributed by atoms with van der Waals surface area (Å²) in [5.74, 6) is -0.229. The van der Waals surface area contributed by atoms with Gasteiger partial charge in [-0.3, -0.25) is 0 Å². The fourth-order valence-corrected chi connectivity index (χ4v) is 3.20. The summed E-state index contributed by atoms with van der Waals surface area (Å²) in [6.45, 7) is 5.12. The first kappa shape index (κ1) is 15.5. The second-order valence-electron chi connectivity index (χ2n) is 4.90. The topological polar surface area (TPSA) is 12.0 Å². The van der Waals surface area contributed by atoms with E-state index in [1.807, 2.05) is 0 Å². The fraction of sp³-hybridized carbons (Fsp3) is 0.375. The standard InChI is InChI=1S/C16H19ClFNS/c1-3-7-19-16(12-8-11(2)20-10-12)9-13-14(17)5-4-6-15(13)18/h4-6,8,10,16,19H,3,7,9H2,1-2H3. The Morgan fingerprint density at radius 3 is 2.80 bits per heavy atom. The van der Waals surface area contributed by atoms with Crippen molar-refractivity contribution in [2.24, 2.45) is 0 Å². The SMILES string of the molecule is CCCNC(Cc1c(F)cccc1Cl)c1csc(C)c1. The molecule has 20 heavy (non-hydrogen) atoms. The van der Waals surface area contributed by atoms with Crippen molar-refractivity contribution in [2.75, 3.05) is 6.54 Å². The van der Waals surface area contributed by atoms with E-state index >= 15 is 0 Å². The van der Waals surface area contributed by atoms with Crippen LogP contribution in [0.5, 0.6) is 0 Å². The van der Waals surface area contributed by atoms with E-state index in [1.165, 1.54) is 16.5 Å². The minimum Gasteiger partial charge on any atom is -0.310 e. The first-order valence-electron chi connectivity index (χ1n) is 6.83. The van der Waals surface area contributed by atoms with Crippen molar-refractivity contribution in [3.05, 3.63) is 56.5 Å². The summed E-state index contributed by atoms with van der Waals surface area (Å²) in [6, 6.07) is 7.12. The Hall–Kier alpha value is -0.900. The van der Waals surface area contributed by atoms with E-state index < -0.39 is 0 Å². The van der Waals surface area contributed by atoms with Crippen molar-refractivity contribution in [2.45, 2.75) is 32.7 Å². The van der Waals surface area contributed by atoms with Crippen molar-refractivity contribution < 1.29 is 4.39 Å². The molecule has 0 bridgehead atoms. The van der Waals surface area contributed by atoms with E-state index in [2.05, 4.69) is 30.6 Å². The first-order valence-corrected chi connectivity index (χ1v) is 8.09. The van der Waals surface area contributed by atoms with Crippen molar-refractivity contribution in [3.63, 3.8) is 0 Å². The molecular formula is C16H19ClFNS. The van der Waals surface area contributed by atoms with E-state index in [0.29, 0.717) is 17.0 Å². The highest BCUT2D eigenvalue weighted by molar-refractivity contribution is 7.10. The van der Waals surface area contributed by atoms with E-state index in [4.69, 9.17) is 11.6 Å². The van der Waals surface area contributed by atoms with Crippen LogP contribution in [0.25, 0.3) is 0 Å². The second-order valence-corrected chi connectivity index (χ2v) is 6.42. The molecule has 0 aliphatic heterocycles. The predicted molar refractivity (Wildman–Crippen MR) is 85.2 cm³/mol. The molecule has 0 aliphatic carbocycles. The van der Waals surface area contributed by atoms with Gasteiger partial charge in [0, 0.05) is 21.5 Å². The van der Waals surface area contributed by atoms with Crippen LogP contribution in [0.3, 0.4) is 0 Å². The minimum atomic E-state index is -0.229. The molecule has 0 saturated heterocycles. The molecule has 4 heteroatoms. The average Bonchev–Trinajstić information content (AvgIpc) is 2.84. The highest BCUT2D eigenvalue weighted by Gasteiger charge is 2.17. The lowest BCUT2D eigenvalue weighted by Gasteiger charge is -2.19. The third-order valence-corrected chi connectivity index (χ3v) is 4.50. The average molecular weight is 312 g/mol. The summed E-state index contributed by atoms with van der Waals surface area (Å²) in [6.07, 6.45) is 1.62. The molecule has 1 heterocycles. The van der Waals surface area contributed by atoms with Crippen LogP contribution in [0.2, 0.25) is 5.02 Å². The number of hydrogen-bond acceptors (Lipinski definition) is 2. The molecule has 1 nitrogen and oxygen atoms in total. The molecule has 2 rings (SSSR count). The van der Waals surface area contributed by atoms with Gasteiger partial charge in [0.25, 0.3) is 0 Å². The monoisotopic (exact) mass is 311 g/mol. The van der Waals surface area contributed by atoms with Gasteiger partial charge in [-0.25, -0.2) is 4.39 Å². The van der Waals surface area contributed by atoms with Crippen LogP contribution in [-0.2, 0) is 6.42 Å². The molecule has 0 saturated carbocycles. The fourth-order valence-electron chi connectivity index (χ4n) is 2.20. The molecule has 1 atom stereocenters. The summed E-state index contributed by atoms with van der Waals surface area (Å²) in [7, 11) is 0. The highest BCUT2D eigenvalue weighted by atomic mass is 35.5. The van der Waals surface area contributed by atoms with Gasteiger partial charge in [0.2, 0.25) is 0 Å². The van der Waals surface area contributed by atoms with Crippen LogP contribution in [-0.4, -0.2) is 6.54 Å². The quantitative estimate of drug-likeness (QED) is 0.779. The lowest BCUT2D eigenvalue weighted by molar-refractivity contribution is 0.514. The molecule has 0 fully saturated rings. The van der Waals surface area contributed by atoms with E-state index in [-0.39, 0.29) is 11.9 Å². The largest absolute Gasteiger partial charge is 0.310 e. The van der Waals surface area contributed by atoms with Gasteiger partial charge in [-0.2, -0.15) is 0 Å². The summed E-state index contributed by atoms with van der Waals surface area (Å²) < 4.78 is 13.9. The maximum absolute atomic E-state index is 13.9. The van der Waals surface area contributed by atoms with Crippen LogP contribution in [0, 0.1) is 12.7 Å². The number of benzene rings is 1. The van der Waals surface area contributed by atoms with Gasteiger partial charge in [0.1, 0.15) is 5.82 Å². The first-order chi connectivity index (χ1) is 9.61. The summed E-state index contributed by atoms with van der Waals surface area (Å²) in [4.78, 5) is 1.27. The van der Waals surface area contributed by atoms with Gasteiger partial charge in [-0.15, -0.1) is 11.3 Å². The molecule has 1 aromatic carbocycles. The van der Waals surface area contributed by atoms with E-state index in [9.17, 15) is 4.39 Å².